The van der Waals surface area contributed by atoms with E-state index >= 15 is 0 Å². The second kappa shape index (κ2) is 5.32. The molecule has 0 bridgehead atoms. The third-order valence-electron chi connectivity index (χ3n) is 3.70. The summed E-state index contributed by atoms with van der Waals surface area (Å²) in [5, 5.41) is 3.48. The van der Waals surface area contributed by atoms with Gasteiger partial charge < -0.3 is 11.1 Å². The number of hydrogen-bond donors (Lipinski definition) is 2. The fourth-order valence-corrected chi connectivity index (χ4v) is 2.67. The molecule has 0 radical (unpaired) electrons. The van der Waals surface area contributed by atoms with Crippen LogP contribution in [-0.2, 0) is 4.79 Å². The fraction of sp³-hybridized carbons (Fsp3) is 0.500. The van der Waals surface area contributed by atoms with Crippen LogP contribution in [0.4, 0.5) is 0 Å². The first-order valence-electron chi connectivity index (χ1n) is 6.31. The Balaban J connectivity index is 2.15. The summed E-state index contributed by atoms with van der Waals surface area (Å²) in [6.45, 7) is 3.00. The minimum absolute atomic E-state index is 0.0410. The molecule has 1 amide bonds. The van der Waals surface area contributed by atoms with Crippen molar-refractivity contribution < 1.29 is 4.79 Å². The lowest BCUT2D eigenvalue weighted by atomic mass is 9.67. The minimum atomic E-state index is -0.153. The normalized spacial score (nSPS) is 25.0. The van der Waals surface area contributed by atoms with E-state index in [2.05, 4.69) is 24.4 Å². The number of benzene rings is 1. The van der Waals surface area contributed by atoms with Gasteiger partial charge in [0.25, 0.3) is 0 Å². The van der Waals surface area contributed by atoms with Crippen LogP contribution in [-0.4, -0.2) is 12.5 Å². The van der Waals surface area contributed by atoms with Gasteiger partial charge in [0.2, 0.25) is 5.91 Å². The molecule has 3 atom stereocenters. The van der Waals surface area contributed by atoms with Gasteiger partial charge in [-0.1, -0.05) is 37.3 Å². The van der Waals surface area contributed by atoms with Crippen LogP contribution in [0.5, 0.6) is 0 Å². The van der Waals surface area contributed by atoms with Crippen molar-refractivity contribution in [3.63, 3.8) is 0 Å². The molecule has 1 aromatic rings. The fourth-order valence-electron chi connectivity index (χ4n) is 2.67. The van der Waals surface area contributed by atoms with E-state index in [1.165, 1.54) is 5.56 Å². The van der Waals surface area contributed by atoms with E-state index in [1.807, 2.05) is 18.2 Å². The molecule has 1 fully saturated rings. The third-order valence-corrected chi connectivity index (χ3v) is 3.70. The van der Waals surface area contributed by atoms with Gasteiger partial charge in [-0.25, -0.2) is 0 Å². The number of nitrogens with one attached hydrogen (secondary N) is 1. The average molecular weight is 232 g/mol. The van der Waals surface area contributed by atoms with Crippen molar-refractivity contribution in [3.8, 4) is 0 Å². The molecule has 3 nitrogen and oxygen atoms in total. The molecule has 3 unspecified atom stereocenters. The van der Waals surface area contributed by atoms with Gasteiger partial charge in [0.1, 0.15) is 0 Å². The smallest absolute Gasteiger partial charge is 0.220 e. The topological polar surface area (TPSA) is 55.1 Å². The van der Waals surface area contributed by atoms with E-state index in [4.69, 9.17) is 5.73 Å². The second-order valence-corrected chi connectivity index (χ2v) is 4.70. The maximum Gasteiger partial charge on any atom is 0.220 e. The molecule has 17 heavy (non-hydrogen) atoms. The Morgan fingerprint density at radius 2 is 2.12 bits per heavy atom. The van der Waals surface area contributed by atoms with Crippen molar-refractivity contribution >= 4 is 5.91 Å². The molecule has 3 N–H and O–H groups in total. The zero-order valence-electron chi connectivity index (χ0n) is 10.2. The summed E-state index contributed by atoms with van der Waals surface area (Å²) in [6, 6.07) is 10.6. The van der Waals surface area contributed by atoms with E-state index in [0.29, 0.717) is 5.92 Å². The first kappa shape index (κ1) is 12.1. The van der Waals surface area contributed by atoms with Crippen molar-refractivity contribution in [1.29, 1.82) is 0 Å². The second-order valence-electron chi connectivity index (χ2n) is 4.70. The summed E-state index contributed by atoms with van der Waals surface area (Å²) >= 11 is 0. The number of carbonyl (C=O) groups is 1. The molecule has 1 aliphatic rings. The van der Waals surface area contributed by atoms with Crippen LogP contribution >= 0.6 is 0 Å². The number of nitrogens with two attached hydrogens (primary N) is 1. The third kappa shape index (κ3) is 2.50. The Labute approximate surface area is 102 Å². The van der Waals surface area contributed by atoms with E-state index in [-0.39, 0.29) is 17.9 Å². The molecule has 3 heteroatoms. The van der Waals surface area contributed by atoms with Gasteiger partial charge in [0.05, 0.1) is 0 Å². The van der Waals surface area contributed by atoms with E-state index < -0.39 is 0 Å². The zero-order chi connectivity index (χ0) is 12.3. The molecule has 0 heterocycles. The molecule has 1 aliphatic carbocycles. The van der Waals surface area contributed by atoms with Crippen molar-refractivity contribution in [2.75, 3.05) is 6.54 Å². The van der Waals surface area contributed by atoms with Crippen molar-refractivity contribution in [2.45, 2.75) is 25.8 Å². The highest BCUT2D eigenvalue weighted by Gasteiger charge is 2.40. The molecule has 1 saturated carbocycles. The number of amides is 1. The standard InChI is InChI=1S/C14H20N2O/c1-2-16-13(10-6-4-3-5-7-10)11-8-9-12(11)14(15)17/h3-7,11-13,16H,2,8-9H2,1H3,(H2,15,17). The Morgan fingerprint density at radius 3 is 2.59 bits per heavy atom. The molecule has 0 saturated heterocycles. The van der Waals surface area contributed by atoms with E-state index in [9.17, 15) is 4.79 Å². The molecule has 1 aromatic carbocycles. The largest absolute Gasteiger partial charge is 0.369 e. The van der Waals surface area contributed by atoms with Crippen LogP contribution in [0, 0.1) is 11.8 Å². The van der Waals surface area contributed by atoms with Crippen LogP contribution in [0.25, 0.3) is 0 Å². The summed E-state index contributed by atoms with van der Waals surface area (Å²) in [5.41, 5.74) is 6.69. The first-order valence-corrected chi connectivity index (χ1v) is 6.31. The molecule has 0 aromatic heterocycles. The molecule has 0 aliphatic heterocycles. The van der Waals surface area contributed by atoms with Crippen molar-refractivity contribution in [3.05, 3.63) is 35.9 Å². The van der Waals surface area contributed by atoms with Crippen LogP contribution in [0.2, 0.25) is 0 Å². The summed E-state index contributed by atoms with van der Waals surface area (Å²) in [6.07, 6.45) is 2.02. The van der Waals surface area contributed by atoms with Gasteiger partial charge in [-0.3, -0.25) is 4.79 Å². The van der Waals surface area contributed by atoms with Crippen LogP contribution in [0.3, 0.4) is 0 Å². The van der Waals surface area contributed by atoms with Gasteiger partial charge in [0.15, 0.2) is 0 Å². The quantitative estimate of drug-likeness (QED) is 0.814. The lowest BCUT2D eigenvalue weighted by Crippen LogP contribution is -2.44. The average Bonchev–Trinajstić information content (AvgIpc) is 2.27. The van der Waals surface area contributed by atoms with Gasteiger partial charge in [-0.15, -0.1) is 0 Å². The lowest BCUT2D eigenvalue weighted by molar-refractivity contribution is -0.127. The number of hydrogen-bond acceptors (Lipinski definition) is 2. The highest BCUT2D eigenvalue weighted by atomic mass is 16.1. The summed E-state index contributed by atoms with van der Waals surface area (Å²) in [7, 11) is 0. The minimum Gasteiger partial charge on any atom is -0.369 e. The van der Waals surface area contributed by atoms with Gasteiger partial charge >= 0.3 is 0 Å². The lowest BCUT2D eigenvalue weighted by Gasteiger charge is -2.40. The molecular weight excluding hydrogens is 212 g/mol. The number of carbonyl (C=O) groups excluding carboxylic acids is 1. The highest BCUT2D eigenvalue weighted by Crippen LogP contribution is 2.42. The Morgan fingerprint density at radius 1 is 1.41 bits per heavy atom. The van der Waals surface area contributed by atoms with Gasteiger partial charge in [-0.05, 0) is 30.9 Å². The zero-order valence-corrected chi connectivity index (χ0v) is 10.2. The monoisotopic (exact) mass is 232 g/mol. The maximum absolute atomic E-state index is 11.3. The summed E-state index contributed by atoms with van der Waals surface area (Å²) in [5.74, 6) is 0.245. The molecule has 0 spiro atoms. The summed E-state index contributed by atoms with van der Waals surface area (Å²) in [4.78, 5) is 11.3. The summed E-state index contributed by atoms with van der Waals surface area (Å²) < 4.78 is 0. The van der Waals surface area contributed by atoms with Crippen LogP contribution in [0.1, 0.15) is 31.4 Å². The van der Waals surface area contributed by atoms with Crippen LogP contribution < -0.4 is 11.1 Å². The van der Waals surface area contributed by atoms with Crippen LogP contribution in [0.15, 0.2) is 30.3 Å². The van der Waals surface area contributed by atoms with Crippen molar-refractivity contribution in [1.82, 2.24) is 5.32 Å². The Hall–Kier alpha value is -1.35. The Kier molecular flexibility index (Phi) is 3.79. The Bertz CT molecular complexity index is 377. The van der Waals surface area contributed by atoms with Gasteiger partial charge in [0, 0.05) is 12.0 Å². The maximum atomic E-state index is 11.3. The van der Waals surface area contributed by atoms with E-state index in [0.717, 1.165) is 19.4 Å². The van der Waals surface area contributed by atoms with E-state index in [1.54, 1.807) is 0 Å². The van der Waals surface area contributed by atoms with Gasteiger partial charge in [-0.2, -0.15) is 0 Å². The first-order chi connectivity index (χ1) is 8.24. The highest BCUT2D eigenvalue weighted by molar-refractivity contribution is 5.78. The molecular formula is C14H20N2O. The predicted octanol–water partition coefficient (Wildman–Crippen LogP) is 1.85. The SMILES string of the molecule is CCNC(c1ccccc1)C1CCC1C(N)=O. The molecule has 92 valence electrons. The molecule has 2 rings (SSSR count). The van der Waals surface area contributed by atoms with Crippen molar-refractivity contribution in [2.24, 2.45) is 17.6 Å². The number of primary amides is 1. The number of rotatable bonds is 5. The predicted molar refractivity (Wildman–Crippen MR) is 68.3 cm³/mol.